The number of carbonyl (C=O) groups is 1. The van der Waals surface area contributed by atoms with Gasteiger partial charge >= 0.3 is 6.09 Å². The molecule has 0 spiro atoms. The molecule has 4 rings (SSSR count). The monoisotopic (exact) mass is 385 g/mol. The Balaban J connectivity index is 1.35. The van der Waals surface area contributed by atoms with Gasteiger partial charge in [0.2, 0.25) is 0 Å². The van der Waals surface area contributed by atoms with Gasteiger partial charge in [-0.1, -0.05) is 66.4 Å². The van der Waals surface area contributed by atoms with Crippen molar-refractivity contribution in [1.29, 1.82) is 0 Å². The van der Waals surface area contributed by atoms with Crippen LogP contribution in [0.3, 0.4) is 0 Å². The minimum atomic E-state index is -0.537. The molecule has 0 saturated heterocycles. The summed E-state index contributed by atoms with van der Waals surface area (Å²) in [7, 11) is 0. The number of rotatable bonds is 3. The van der Waals surface area contributed by atoms with Crippen LogP contribution in [0.15, 0.2) is 66.7 Å². The summed E-state index contributed by atoms with van der Waals surface area (Å²) in [5.41, 5.74) is 5.84. The molecule has 0 heterocycles. The number of benzene rings is 3. The highest BCUT2D eigenvalue weighted by atomic mass is 19.1. The van der Waals surface area contributed by atoms with Crippen molar-refractivity contribution >= 4 is 6.09 Å². The zero-order valence-corrected chi connectivity index (χ0v) is 16.0. The van der Waals surface area contributed by atoms with Crippen LogP contribution in [0.25, 0.3) is 11.1 Å². The molecule has 0 fully saturated rings. The number of alkyl carbamates (subject to hydrolysis) is 1. The molecule has 0 radical (unpaired) electrons. The van der Waals surface area contributed by atoms with Crippen LogP contribution in [0.1, 0.15) is 28.2 Å². The molecule has 4 heteroatoms. The third kappa shape index (κ3) is 4.00. The van der Waals surface area contributed by atoms with Crippen molar-refractivity contribution < 1.29 is 13.9 Å². The van der Waals surface area contributed by atoms with E-state index in [1.54, 1.807) is 12.1 Å². The number of carbonyl (C=O) groups excluding carboxylic acids is 1. The smallest absolute Gasteiger partial charge is 0.407 e. The number of halogens is 1. The number of fused-ring (bicyclic) bond motifs is 3. The second-order valence-corrected chi connectivity index (χ2v) is 6.96. The van der Waals surface area contributed by atoms with Crippen molar-refractivity contribution in [1.82, 2.24) is 5.32 Å². The molecule has 3 aromatic carbocycles. The fourth-order valence-corrected chi connectivity index (χ4v) is 3.63. The Morgan fingerprint density at radius 1 is 1.03 bits per heavy atom. The fraction of sp³-hybridized carbons (Fsp3) is 0.160. The van der Waals surface area contributed by atoms with E-state index >= 15 is 0 Å². The molecule has 29 heavy (non-hydrogen) atoms. The van der Waals surface area contributed by atoms with Crippen LogP contribution in [0.2, 0.25) is 0 Å². The molecule has 144 valence electrons. The molecule has 1 aliphatic carbocycles. The van der Waals surface area contributed by atoms with Gasteiger partial charge in [0.15, 0.2) is 0 Å². The fourth-order valence-electron chi connectivity index (χ4n) is 3.63. The Morgan fingerprint density at radius 2 is 1.69 bits per heavy atom. The Bertz CT molecular complexity index is 1080. The lowest BCUT2D eigenvalue weighted by Crippen LogP contribution is -2.26. The minimum absolute atomic E-state index is 0.0147. The van der Waals surface area contributed by atoms with E-state index in [1.165, 1.54) is 17.2 Å². The molecule has 0 aromatic heterocycles. The first-order valence-corrected chi connectivity index (χ1v) is 9.47. The Morgan fingerprint density at radius 3 is 2.34 bits per heavy atom. The quantitative estimate of drug-likeness (QED) is 0.643. The number of nitrogens with one attached hydrogen (secondary N) is 1. The Kier molecular flexibility index (Phi) is 5.31. The molecule has 0 unspecified atom stereocenters. The van der Waals surface area contributed by atoms with Gasteiger partial charge in [0.25, 0.3) is 0 Å². The highest BCUT2D eigenvalue weighted by molar-refractivity contribution is 5.79. The molecule has 1 aliphatic rings. The topological polar surface area (TPSA) is 38.3 Å². The molecule has 3 nitrogen and oxygen atoms in total. The van der Waals surface area contributed by atoms with E-state index in [1.807, 2.05) is 31.2 Å². The van der Waals surface area contributed by atoms with E-state index in [0.717, 1.165) is 16.7 Å². The largest absolute Gasteiger partial charge is 0.449 e. The molecule has 0 aliphatic heterocycles. The lowest BCUT2D eigenvalue weighted by atomic mass is 9.98. The summed E-state index contributed by atoms with van der Waals surface area (Å²) in [6, 6.07) is 21.2. The minimum Gasteiger partial charge on any atom is -0.449 e. The first-order chi connectivity index (χ1) is 14.1. The molecule has 0 atom stereocenters. The van der Waals surface area contributed by atoms with Gasteiger partial charge in [0.05, 0.1) is 12.1 Å². The number of hydrogen-bond acceptors (Lipinski definition) is 2. The van der Waals surface area contributed by atoms with Crippen LogP contribution < -0.4 is 5.32 Å². The third-order valence-electron chi connectivity index (χ3n) is 5.01. The zero-order chi connectivity index (χ0) is 20.2. The van der Waals surface area contributed by atoms with Crippen molar-refractivity contribution in [3.8, 4) is 23.0 Å². The van der Waals surface area contributed by atoms with Gasteiger partial charge in [0, 0.05) is 5.92 Å². The van der Waals surface area contributed by atoms with Gasteiger partial charge < -0.3 is 10.1 Å². The number of amides is 1. The predicted molar refractivity (Wildman–Crippen MR) is 111 cm³/mol. The summed E-state index contributed by atoms with van der Waals surface area (Å²) in [5.74, 6) is 5.13. The summed E-state index contributed by atoms with van der Waals surface area (Å²) in [6.45, 7) is 2.16. The normalized spacial score (nSPS) is 11.8. The SMILES string of the molecule is Cc1ccc(C#CCNC(=O)OCC2c3ccccc3-c3ccccc32)c(F)c1. The van der Waals surface area contributed by atoms with E-state index in [9.17, 15) is 9.18 Å². The summed E-state index contributed by atoms with van der Waals surface area (Å²) in [6.07, 6.45) is -0.537. The Labute approximate surface area is 169 Å². The standard InChI is InChI=1S/C25H20FNO2/c1-17-12-13-18(24(26)15-17)7-6-14-27-25(28)29-16-23-21-10-4-2-8-19(21)20-9-3-5-11-22(20)23/h2-5,8-13,15,23H,14,16H2,1H3,(H,27,28). The van der Waals surface area contributed by atoms with Crippen molar-refractivity contribution in [3.05, 3.63) is 94.8 Å². The molecule has 0 saturated carbocycles. The Hall–Kier alpha value is -3.58. The van der Waals surface area contributed by atoms with E-state index in [-0.39, 0.29) is 24.9 Å². The molecule has 3 aromatic rings. The van der Waals surface area contributed by atoms with Gasteiger partial charge in [0.1, 0.15) is 12.4 Å². The molecule has 0 bridgehead atoms. The van der Waals surface area contributed by atoms with Gasteiger partial charge in [-0.2, -0.15) is 0 Å². The average Bonchev–Trinajstić information content (AvgIpc) is 3.05. The summed E-state index contributed by atoms with van der Waals surface area (Å²) < 4.78 is 19.2. The molecular weight excluding hydrogens is 365 g/mol. The maximum absolute atomic E-state index is 13.8. The number of ether oxygens (including phenoxy) is 1. The third-order valence-corrected chi connectivity index (χ3v) is 5.01. The molecular formula is C25H20FNO2. The van der Waals surface area contributed by atoms with Crippen molar-refractivity contribution in [2.75, 3.05) is 13.2 Å². The second kappa shape index (κ2) is 8.20. The van der Waals surface area contributed by atoms with Crippen LogP contribution in [0.5, 0.6) is 0 Å². The van der Waals surface area contributed by atoms with E-state index in [2.05, 4.69) is 41.4 Å². The lowest BCUT2D eigenvalue weighted by Gasteiger charge is -2.14. The van der Waals surface area contributed by atoms with Gasteiger partial charge in [-0.15, -0.1) is 0 Å². The number of hydrogen-bond donors (Lipinski definition) is 1. The maximum Gasteiger partial charge on any atom is 0.407 e. The highest BCUT2D eigenvalue weighted by Gasteiger charge is 2.28. The first kappa shape index (κ1) is 18.8. The van der Waals surface area contributed by atoms with Crippen LogP contribution >= 0.6 is 0 Å². The van der Waals surface area contributed by atoms with Gasteiger partial charge in [-0.25, -0.2) is 9.18 Å². The van der Waals surface area contributed by atoms with Crippen LogP contribution in [-0.4, -0.2) is 19.2 Å². The van der Waals surface area contributed by atoms with Gasteiger partial charge in [-0.3, -0.25) is 0 Å². The summed E-state index contributed by atoms with van der Waals surface area (Å²) >= 11 is 0. The van der Waals surface area contributed by atoms with Crippen LogP contribution in [0.4, 0.5) is 9.18 Å². The molecule has 1 amide bonds. The summed E-state index contributed by atoms with van der Waals surface area (Å²) in [4.78, 5) is 12.1. The zero-order valence-electron chi connectivity index (χ0n) is 16.0. The van der Waals surface area contributed by atoms with Crippen LogP contribution in [0, 0.1) is 24.6 Å². The highest BCUT2D eigenvalue weighted by Crippen LogP contribution is 2.44. The van der Waals surface area contributed by atoms with Crippen molar-refractivity contribution in [3.63, 3.8) is 0 Å². The maximum atomic E-state index is 13.8. The predicted octanol–water partition coefficient (Wildman–Crippen LogP) is 5.02. The average molecular weight is 385 g/mol. The van der Waals surface area contributed by atoms with E-state index < -0.39 is 6.09 Å². The second-order valence-electron chi connectivity index (χ2n) is 6.96. The lowest BCUT2D eigenvalue weighted by molar-refractivity contribution is 0.144. The van der Waals surface area contributed by atoms with E-state index in [4.69, 9.17) is 4.74 Å². The first-order valence-electron chi connectivity index (χ1n) is 9.47. The van der Waals surface area contributed by atoms with Crippen molar-refractivity contribution in [2.24, 2.45) is 0 Å². The molecule has 1 N–H and O–H groups in total. The van der Waals surface area contributed by atoms with Crippen molar-refractivity contribution in [2.45, 2.75) is 12.8 Å². The van der Waals surface area contributed by atoms with E-state index in [0.29, 0.717) is 5.56 Å². The van der Waals surface area contributed by atoms with Gasteiger partial charge in [-0.05, 0) is 46.9 Å². The number of aryl methyl sites for hydroxylation is 1. The summed E-state index contributed by atoms with van der Waals surface area (Å²) in [5, 5.41) is 2.60. The van der Waals surface area contributed by atoms with Crippen LogP contribution in [-0.2, 0) is 4.74 Å².